The average molecular weight is 527 g/mol. The Kier molecular flexibility index (Phi) is 8.37. The lowest BCUT2D eigenvalue weighted by molar-refractivity contribution is 0.0453. The van der Waals surface area contributed by atoms with Crippen molar-refractivity contribution in [1.29, 1.82) is 0 Å². The van der Waals surface area contributed by atoms with E-state index in [1.807, 2.05) is 80.6 Å². The molecule has 6 heteroatoms. The number of benzene rings is 4. The SMILES string of the molecule is CCOP(=O)(CC)OC(Cc1ccc(Cl)cc1)(Cc1ccc(Cl)cc1)c1cccc2ccccc12. The van der Waals surface area contributed by atoms with Crippen molar-refractivity contribution in [2.45, 2.75) is 32.3 Å². The predicted molar refractivity (Wildman–Crippen MR) is 147 cm³/mol. The molecule has 0 radical (unpaired) electrons. The number of halogens is 2. The summed E-state index contributed by atoms with van der Waals surface area (Å²) >= 11 is 12.4. The Hall–Kier alpha value is -2.13. The zero-order chi connectivity index (χ0) is 24.9. The topological polar surface area (TPSA) is 35.5 Å². The second kappa shape index (κ2) is 11.3. The minimum Gasteiger partial charge on any atom is -0.309 e. The number of rotatable bonds is 10. The van der Waals surface area contributed by atoms with E-state index in [4.69, 9.17) is 32.2 Å². The van der Waals surface area contributed by atoms with Crippen molar-refractivity contribution in [2.24, 2.45) is 0 Å². The van der Waals surface area contributed by atoms with Crippen LogP contribution in [0.5, 0.6) is 0 Å². The van der Waals surface area contributed by atoms with Crippen LogP contribution in [-0.2, 0) is 32.1 Å². The highest BCUT2D eigenvalue weighted by atomic mass is 35.5. The fourth-order valence-electron chi connectivity index (χ4n) is 4.50. The fraction of sp³-hybridized carbons (Fsp3) is 0.241. The van der Waals surface area contributed by atoms with Crippen molar-refractivity contribution >= 4 is 41.6 Å². The molecule has 4 aromatic rings. The molecule has 4 rings (SSSR count). The van der Waals surface area contributed by atoms with Crippen LogP contribution in [0.1, 0.15) is 30.5 Å². The minimum atomic E-state index is -3.41. The summed E-state index contributed by atoms with van der Waals surface area (Å²) in [6.45, 7) is 3.98. The van der Waals surface area contributed by atoms with Crippen LogP contribution in [0.4, 0.5) is 0 Å². The molecule has 4 aromatic carbocycles. The molecule has 0 saturated heterocycles. The molecule has 182 valence electrons. The van der Waals surface area contributed by atoms with Crippen molar-refractivity contribution < 1.29 is 13.6 Å². The molecule has 0 aliphatic carbocycles. The molecule has 0 fully saturated rings. The molecule has 1 atom stereocenters. The van der Waals surface area contributed by atoms with Crippen LogP contribution in [0.15, 0.2) is 91.0 Å². The molecule has 0 aliphatic heterocycles. The zero-order valence-corrected chi connectivity index (χ0v) is 22.3. The Morgan fingerprint density at radius 2 is 1.29 bits per heavy atom. The van der Waals surface area contributed by atoms with E-state index in [0.29, 0.717) is 29.5 Å². The van der Waals surface area contributed by atoms with E-state index in [9.17, 15) is 4.57 Å². The van der Waals surface area contributed by atoms with Crippen molar-refractivity contribution in [1.82, 2.24) is 0 Å². The molecule has 35 heavy (non-hydrogen) atoms. The molecule has 0 aromatic heterocycles. The average Bonchev–Trinajstić information content (AvgIpc) is 2.86. The smallest absolute Gasteiger partial charge is 0.309 e. The van der Waals surface area contributed by atoms with Crippen LogP contribution in [0.2, 0.25) is 10.0 Å². The third kappa shape index (κ3) is 6.17. The summed E-state index contributed by atoms with van der Waals surface area (Å²) in [5.74, 6) is 0. The van der Waals surface area contributed by atoms with E-state index in [1.54, 1.807) is 0 Å². The van der Waals surface area contributed by atoms with Gasteiger partial charge in [-0.25, -0.2) is 0 Å². The quantitative estimate of drug-likeness (QED) is 0.193. The van der Waals surface area contributed by atoms with Crippen molar-refractivity contribution in [3.63, 3.8) is 0 Å². The van der Waals surface area contributed by atoms with Gasteiger partial charge in [0.05, 0.1) is 6.61 Å². The molecule has 0 saturated carbocycles. The lowest BCUT2D eigenvalue weighted by Crippen LogP contribution is -2.35. The van der Waals surface area contributed by atoms with Gasteiger partial charge in [0.1, 0.15) is 5.60 Å². The van der Waals surface area contributed by atoms with Gasteiger partial charge in [-0.1, -0.05) is 96.9 Å². The van der Waals surface area contributed by atoms with E-state index < -0.39 is 13.2 Å². The molecular weight excluding hydrogens is 498 g/mol. The van der Waals surface area contributed by atoms with Crippen molar-refractivity contribution in [3.05, 3.63) is 118 Å². The first-order chi connectivity index (χ1) is 16.9. The highest BCUT2D eigenvalue weighted by Crippen LogP contribution is 2.56. The van der Waals surface area contributed by atoms with Crippen LogP contribution in [0.3, 0.4) is 0 Å². The Morgan fingerprint density at radius 1 is 0.743 bits per heavy atom. The second-order valence-corrected chi connectivity index (χ2v) is 11.7. The molecule has 0 N–H and O–H groups in total. The minimum absolute atomic E-state index is 0.272. The Balaban J connectivity index is 1.96. The molecule has 0 spiro atoms. The molecule has 0 amide bonds. The molecular formula is C29H29Cl2O3P. The van der Waals surface area contributed by atoms with Crippen LogP contribution < -0.4 is 0 Å². The lowest BCUT2D eigenvalue weighted by atomic mass is 9.80. The monoisotopic (exact) mass is 526 g/mol. The third-order valence-electron chi connectivity index (χ3n) is 6.11. The van der Waals surface area contributed by atoms with E-state index in [-0.39, 0.29) is 6.16 Å². The first-order valence-corrected chi connectivity index (χ1v) is 14.3. The molecule has 0 bridgehead atoms. The van der Waals surface area contributed by atoms with Gasteiger partial charge >= 0.3 is 7.60 Å². The second-order valence-electron chi connectivity index (χ2n) is 8.56. The Labute approximate surface area is 217 Å². The fourth-order valence-corrected chi connectivity index (χ4v) is 6.27. The van der Waals surface area contributed by atoms with Gasteiger partial charge in [-0.3, -0.25) is 9.09 Å². The summed E-state index contributed by atoms with van der Waals surface area (Å²) in [4.78, 5) is 0. The maximum atomic E-state index is 13.9. The molecule has 1 unspecified atom stereocenters. The number of hydrogen-bond donors (Lipinski definition) is 0. The van der Waals surface area contributed by atoms with Crippen LogP contribution in [0, 0.1) is 0 Å². The standard InChI is InChI=1S/C29H29Cl2O3P/c1-3-33-35(32,4-2)34-29(20-22-12-16-25(30)17-13-22,21-23-14-18-26(31)19-15-23)28-11-7-9-24-8-5-6-10-27(24)28/h5-19H,3-4,20-21H2,1-2H3. The maximum absolute atomic E-state index is 13.9. The number of fused-ring (bicyclic) bond motifs is 1. The highest BCUT2D eigenvalue weighted by molar-refractivity contribution is 7.53. The van der Waals surface area contributed by atoms with Gasteiger partial charge in [0.15, 0.2) is 0 Å². The normalized spacial score (nSPS) is 13.6. The highest BCUT2D eigenvalue weighted by Gasteiger charge is 2.42. The van der Waals surface area contributed by atoms with E-state index >= 15 is 0 Å². The largest absolute Gasteiger partial charge is 0.331 e. The lowest BCUT2D eigenvalue weighted by Gasteiger charge is -2.38. The summed E-state index contributed by atoms with van der Waals surface area (Å²) in [6.07, 6.45) is 1.24. The summed E-state index contributed by atoms with van der Waals surface area (Å²) < 4.78 is 26.4. The van der Waals surface area contributed by atoms with Crippen LogP contribution in [-0.4, -0.2) is 12.8 Å². The van der Waals surface area contributed by atoms with Gasteiger partial charge in [0.2, 0.25) is 0 Å². The Bertz CT molecular complexity index is 1270. The van der Waals surface area contributed by atoms with Gasteiger partial charge in [-0.15, -0.1) is 0 Å². The summed E-state index contributed by atoms with van der Waals surface area (Å²) in [5.41, 5.74) is 2.04. The first-order valence-electron chi connectivity index (χ1n) is 11.8. The third-order valence-corrected chi connectivity index (χ3v) is 8.67. The van der Waals surface area contributed by atoms with Crippen molar-refractivity contribution in [2.75, 3.05) is 12.8 Å². The number of hydrogen-bond acceptors (Lipinski definition) is 3. The van der Waals surface area contributed by atoms with Gasteiger partial charge in [-0.05, 0) is 58.7 Å². The predicted octanol–water partition coefficient (Wildman–Crippen LogP) is 9.09. The molecule has 3 nitrogen and oxygen atoms in total. The molecule has 0 heterocycles. The van der Waals surface area contributed by atoms with Gasteiger partial charge in [0.25, 0.3) is 0 Å². The summed E-state index contributed by atoms with van der Waals surface area (Å²) in [6, 6.07) is 29.8. The van der Waals surface area contributed by atoms with E-state index in [2.05, 4.69) is 24.3 Å². The summed E-state index contributed by atoms with van der Waals surface area (Å²) in [7, 11) is -3.41. The summed E-state index contributed by atoms with van der Waals surface area (Å²) in [5, 5.41) is 3.47. The van der Waals surface area contributed by atoms with Gasteiger partial charge in [-0.2, -0.15) is 0 Å². The van der Waals surface area contributed by atoms with Gasteiger partial charge < -0.3 is 4.52 Å². The first kappa shape index (κ1) is 25.9. The Morgan fingerprint density at radius 3 is 1.83 bits per heavy atom. The maximum Gasteiger partial charge on any atom is 0.331 e. The molecule has 0 aliphatic rings. The zero-order valence-electron chi connectivity index (χ0n) is 19.9. The van der Waals surface area contributed by atoms with E-state index in [0.717, 1.165) is 27.5 Å². The van der Waals surface area contributed by atoms with Crippen LogP contribution in [0.25, 0.3) is 10.8 Å². The van der Waals surface area contributed by atoms with Gasteiger partial charge in [0, 0.05) is 29.0 Å². The van der Waals surface area contributed by atoms with Crippen molar-refractivity contribution in [3.8, 4) is 0 Å². The van der Waals surface area contributed by atoms with E-state index in [1.165, 1.54) is 0 Å². The van der Waals surface area contributed by atoms with Crippen LogP contribution >= 0.6 is 30.8 Å².